The highest BCUT2D eigenvalue weighted by atomic mass is 19.2. The molecule has 3 rings (SSSR count). The molecule has 1 unspecified atom stereocenters. The number of rotatable bonds is 4. The van der Waals surface area contributed by atoms with Gasteiger partial charge in [-0.2, -0.15) is 0 Å². The fourth-order valence-electron chi connectivity index (χ4n) is 2.97. The summed E-state index contributed by atoms with van der Waals surface area (Å²) in [5.41, 5.74) is 1.02. The SMILES string of the molecule is CC(=O)N1CCOC(CNC(=O)c2ccc(-c3cccc(F)c3F)cc2)C1. The van der Waals surface area contributed by atoms with Gasteiger partial charge in [0.1, 0.15) is 0 Å². The number of halogens is 2. The first-order chi connectivity index (χ1) is 13.0. The van der Waals surface area contributed by atoms with Crippen LogP contribution in [0.25, 0.3) is 11.1 Å². The van der Waals surface area contributed by atoms with Crippen molar-refractivity contribution in [2.75, 3.05) is 26.2 Å². The average Bonchev–Trinajstić information content (AvgIpc) is 2.68. The van der Waals surface area contributed by atoms with Crippen molar-refractivity contribution in [3.63, 3.8) is 0 Å². The molecular formula is C20H20F2N2O3. The zero-order valence-electron chi connectivity index (χ0n) is 14.9. The molecule has 0 radical (unpaired) electrons. The molecule has 2 aromatic rings. The predicted molar refractivity (Wildman–Crippen MR) is 96.1 cm³/mol. The number of carbonyl (C=O) groups excluding carboxylic acids is 2. The van der Waals surface area contributed by atoms with Gasteiger partial charge < -0.3 is 15.0 Å². The maximum atomic E-state index is 13.9. The van der Waals surface area contributed by atoms with Gasteiger partial charge in [0.05, 0.1) is 12.7 Å². The molecule has 1 aliphatic rings. The molecule has 0 saturated carbocycles. The maximum absolute atomic E-state index is 13.9. The first-order valence-corrected chi connectivity index (χ1v) is 8.65. The number of hydrogen-bond donors (Lipinski definition) is 1. The van der Waals surface area contributed by atoms with Crippen molar-refractivity contribution in [3.05, 3.63) is 59.7 Å². The number of nitrogens with one attached hydrogen (secondary N) is 1. The van der Waals surface area contributed by atoms with E-state index in [1.54, 1.807) is 29.2 Å². The van der Waals surface area contributed by atoms with Crippen LogP contribution in [0, 0.1) is 11.6 Å². The van der Waals surface area contributed by atoms with E-state index >= 15 is 0 Å². The van der Waals surface area contributed by atoms with E-state index in [9.17, 15) is 18.4 Å². The Morgan fingerprint density at radius 2 is 1.93 bits per heavy atom. The van der Waals surface area contributed by atoms with Crippen LogP contribution in [-0.2, 0) is 9.53 Å². The van der Waals surface area contributed by atoms with Gasteiger partial charge in [0.2, 0.25) is 5.91 Å². The summed E-state index contributed by atoms with van der Waals surface area (Å²) in [4.78, 5) is 25.4. The van der Waals surface area contributed by atoms with Crippen LogP contribution in [0.3, 0.4) is 0 Å². The molecule has 0 bridgehead atoms. The Balaban J connectivity index is 1.61. The summed E-state index contributed by atoms with van der Waals surface area (Å²) in [6.07, 6.45) is -0.257. The Bertz CT molecular complexity index is 840. The van der Waals surface area contributed by atoms with E-state index in [-0.39, 0.29) is 30.0 Å². The summed E-state index contributed by atoms with van der Waals surface area (Å²) in [5, 5.41) is 2.77. The Morgan fingerprint density at radius 3 is 2.63 bits per heavy atom. The smallest absolute Gasteiger partial charge is 0.251 e. The largest absolute Gasteiger partial charge is 0.373 e. The van der Waals surface area contributed by atoms with Crippen molar-refractivity contribution < 1.29 is 23.1 Å². The summed E-state index contributed by atoms with van der Waals surface area (Å²) in [5.74, 6) is -2.15. The van der Waals surface area contributed by atoms with Crippen LogP contribution < -0.4 is 5.32 Å². The first kappa shape index (κ1) is 19.0. The molecule has 5 nitrogen and oxygen atoms in total. The monoisotopic (exact) mass is 374 g/mol. The zero-order chi connectivity index (χ0) is 19.4. The minimum absolute atomic E-state index is 0.0187. The lowest BCUT2D eigenvalue weighted by molar-refractivity contribution is -0.136. The highest BCUT2D eigenvalue weighted by Crippen LogP contribution is 2.24. The molecule has 0 aromatic heterocycles. The van der Waals surface area contributed by atoms with Gasteiger partial charge in [-0.25, -0.2) is 8.78 Å². The number of ether oxygens (including phenoxy) is 1. The van der Waals surface area contributed by atoms with Gasteiger partial charge in [-0.3, -0.25) is 9.59 Å². The Labute approximate surface area is 155 Å². The van der Waals surface area contributed by atoms with Crippen molar-refractivity contribution >= 4 is 11.8 Å². The fraction of sp³-hybridized carbons (Fsp3) is 0.300. The highest BCUT2D eigenvalue weighted by molar-refractivity contribution is 5.94. The van der Waals surface area contributed by atoms with Gasteiger partial charge in [0, 0.05) is 37.7 Å². The van der Waals surface area contributed by atoms with Crippen molar-refractivity contribution in [3.8, 4) is 11.1 Å². The van der Waals surface area contributed by atoms with Crippen LogP contribution in [0.5, 0.6) is 0 Å². The third-order valence-electron chi connectivity index (χ3n) is 4.48. The standard InChI is InChI=1S/C20H20F2N2O3/c1-13(25)24-9-10-27-16(12-24)11-23-20(26)15-7-5-14(6-8-15)17-3-2-4-18(21)19(17)22/h2-8,16H,9-12H2,1H3,(H,23,26). The van der Waals surface area contributed by atoms with Gasteiger partial charge in [-0.1, -0.05) is 24.3 Å². The summed E-state index contributed by atoms with van der Waals surface area (Å²) in [6.45, 7) is 3.21. The molecule has 1 fully saturated rings. The Kier molecular flexibility index (Phi) is 5.81. The number of carbonyl (C=O) groups is 2. The third-order valence-corrected chi connectivity index (χ3v) is 4.48. The van der Waals surface area contributed by atoms with E-state index in [2.05, 4.69) is 5.32 Å². The van der Waals surface area contributed by atoms with Gasteiger partial charge in [-0.15, -0.1) is 0 Å². The van der Waals surface area contributed by atoms with Crippen LogP contribution in [0.4, 0.5) is 8.78 Å². The number of benzene rings is 2. The van der Waals surface area contributed by atoms with Crippen molar-refractivity contribution in [1.29, 1.82) is 0 Å². The predicted octanol–water partition coefficient (Wildman–Crippen LogP) is 2.61. The molecule has 1 aliphatic heterocycles. The van der Waals surface area contributed by atoms with Crippen LogP contribution in [0.2, 0.25) is 0 Å². The summed E-state index contributed by atoms with van der Waals surface area (Å²) >= 11 is 0. The lowest BCUT2D eigenvalue weighted by Gasteiger charge is -2.32. The number of amides is 2. The second kappa shape index (κ2) is 8.26. The van der Waals surface area contributed by atoms with Crippen molar-refractivity contribution in [2.45, 2.75) is 13.0 Å². The normalized spacial score (nSPS) is 16.9. The molecule has 1 heterocycles. The lowest BCUT2D eigenvalue weighted by Crippen LogP contribution is -2.49. The molecule has 142 valence electrons. The van der Waals surface area contributed by atoms with Gasteiger partial charge in [0.25, 0.3) is 5.91 Å². The van der Waals surface area contributed by atoms with Gasteiger partial charge in [-0.05, 0) is 23.8 Å². The number of hydrogen-bond acceptors (Lipinski definition) is 3. The first-order valence-electron chi connectivity index (χ1n) is 8.65. The fourth-order valence-corrected chi connectivity index (χ4v) is 2.97. The Hall–Kier alpha value is -2.80. The van der Waals surface area contributed by atoms with E-state index in [0.29, 0.717) is 30.8 Å². The van der Waals surface area contributed by atoms with Crippen LogP contribution in [0.15, 0.2) is 42.5 Å². The second-order valence-corrected chi connectivity index (χ2v) is 6.35. The van der Waals surface area contributed by atoms with Crippen LogP contribution in [-0.4, -0.2) is 49.1 Å². The molecule has 1 atom stereocenters. The van der Waals surface area contributed by atoms with E-state index in [0.717, 1.165) is 6.07 Å². The molecular weight excluding hydrogens is 354 g/mol. The highest BCUT2D eigenvalue weighted by Gasteiger charge is 2.22. The van der Waals surface area contributed by atoms with Crippen molar-refractivity contribution in [1.82, 2.24) is 10.2 Å². The summed E-state index contributed by atoms with van der Waals surface area (Å²) < 4.78 is 32.8. The minimum atomic E-state index is -0.917. The summed E-state index contributed by atoms with van der Waals surface area (Å²) in [7, 11) is 0. The van der Waals surface area contributed by atoms with E-state index in [1.807, 2.05) is 0 Å². The molecule has 1 saturated heterocycles. The van der Waals surface area contributed by atoms with E-state index in [1.165, 1.54) is 19.1 Å². The third kappa shape index (κ3) is 4.49. The lowest BCUT2D eigenvalue weighted by atomic mass is 10.0. The number of nitrogens with zero attached hydrogens (tertiary/aromatic N) is 1. The molecule has 2 amide bonds. The molecule has 0 spiro atoms. The quantitative estimate of drug-likeness (QED) is 0.895. The summed E-state index contributed by atoms with van der Waals surface area (Å²) in [6, 6.07) is 10.2. The van der Waals surface area contributed by atoms with Gasteiger partial charge in [0.15, 0.2) is 11.6 Å². The van der Waals surface area contributed by atoms with E-state index < -0.39 is 11.6 Å². The second-order valence-electron chi connectivity index (χ2n) is 6.35. The van der Waals surface area contributed by atoms with Gasteiger partial charge >= 0.3 is 0 Å². The van der Waals surface area contributed by atoms with Crippen molar-refractivity contribution in [2.24, 2.45) is 0 Å². The molecule has 27 heavy (non-hydrogen) atoms. The van der Waals surface area contributed by atoms with E-state index in [4.69, 9.17) is 4.74 Å². The molecule has 7 heteroatoms. The van der Waals surface area contributed by atoms with Crippen LogP contribution in [0.1, 0.15) is 17.3 Å². The molecule has 0 aliphatic carbocycles. The topological polar surface area (TPSA) is 58.6 Å². The molecule has 1 N–H and O–H groups in total. The zero-order valence-corrected chi connectivity index (χ0v) is 14.9. The average molecular weight is 374 g/mol. The number of morpholine rings is 1. The molecule has 2 aromatic carbocycles. The maximum Gasteiger partial charge on any atom is 0.251 e. The van der Waals surface area contributed by atoms with Crippen LogP contribution >= 0.6 is 0 Å². The Morgan fingerprint density at radius 1 is 1.19 bits per heavy atom. The minimum Gasteiger partial charge on any atom is -0.373 e.